The Morgan fingerprint density at radius 3 is 2.41 bits per heavy atom. The number of methoxy groups -OCH3 is 2. The van der Waals surface area contributed by atoms with E-state index < -0.39 is 0 Å². The van der Waals surface area contributed by atoms with Gasteiger partial charge in [-0.3, -0.25) is 9.36 Å². The number of aromatic nitrogens is 4. The highest BCUT2D eigenvalue weighted by molar-refractivity contribution is 6.42. The Kier molecular flexibility index (Phi) is 10.3. The fourth-order valence-electron chi connectivity index (χ4n) is 5.86. The highest BCUT2D eigenvalue weighted by Gasteiger charge is 2.25. The molecule has 1 amide bonds. The largest absolute Gasteiger partial charge is 0.467 e. The first kappa shape index (κ1) is 32.0. The normalized spacial score (nSPS) is 14.2. The third-order valence-electron chi connectivity index (χ3n) is 7.94. The van der Waals surface area contributed by atoms with Gasteiger partial charge in [-0.1, -0.05) is 46.5 Å². The molecule has 0 aliphatic carbocycles. The van der Waals surface area contributed by atoms with Gasteiger partial charge >= 0.3 is 6.01 Å². The first-order valence-electron chi connectivity index (χ1n) is 14.7. The maximum atomic E-state index is 13.5. The van der Waals surface area contributed by atoms with Crippen molar-refractivity contribution in [2.45, 2.75) is 39.3 Å². The minimum absolute atomic E-state index is 0.0310. The number of rotatable bonds is 11. The van der Waals surface area contributed by atoms with Gasteiger partial charge in [0, 0.05) is 64.8 Å². The second-order valence-electron chi connectivity index (χ2n) is 11.3. The molecule has 0 radical (unpaired) electrons. The van der Waals surface area contributed by atoms with Crippen molar-refractivity contribution in [2.24, 2.45) is 0 Å². The molecular formula is C32H39Cl2N7O3. The molecule has 4 aromatic rings. The van der Waals surface area contributed by atoms with Crippen LogP contribution < -0.4 is 15.0 Å². The predicted molar refractivity (Wildman–Crippen MR) is 174 cm³/mol. The van der Waals surface area contributed by atoms with E-state index >= 15 is 0 Å². The van der Waals surface area contributed by atoms with Crippen LogP contribution in [-0.4, -0.2) is 84.3 Å². The second-order valence-corrected chi connectivity index (χ2v) is 12.1. The monoisotopic (exact) mass is 639 g/mol. The summed E-state index contributed by atoms with van der Waals surface area (Å²) >= 11 is 12.7. The van der Waals surface area contributed by atoms with Crippen molar-refractivity contribution in [1.82, 2.24) is 29.7 Å². The first-order valence-corrected chi connectivity index (χ1v) is 15.5. The lowest BCUT2D eigenvalue weighted by atomic mass is 9.93. The first-order chi connectivity index (χ1) is 21.2. The number of amides is 1. The molecule has 1 atom stereocenters. The minimum atomic E-state index is -0.0475. The molecule has 234 valence electrons. The standard InChI is InChI=1S/C32H39Cl2N7O3/c1-20-14-21(2)16-24(15-20)31(42)39(3)18-23(22-6-8-25(33)26(34)17-22)7-9-27-36-29-28(41(27)19-43-4)30(38-32(37-29)44-5)40-12-10-35-11-13-40/h6,8,14-17,23,35H,7,9-13,18-19H2,1-5H3/t23-/m1/s1. The zero-order valence-corrected chi connectivity index (χ0v) is 27.4. The van der Waals surface area contributed by atoms with Crippen LogP contribution in [0, 0.1) is 13.8 Å². The van der Waals surface area contributed by atoms with Gasteiger partial charge in [0.1, 0.15) is 18.1 Å². The number of fused-ring (bicyclic) bond motifs is 1. The van der Waals surface area contributed by atoms with Crippen molar-refractivity contribution in [1.29, 1.82) is 0 Å². The van der Waals surface area contributed by atoms with Crippen molar-refractivity contribution in [3.8, 4) is 6.01 Å². The number of imidazole rings is 1. The summed E-state index contributed by atoms with van der Waals surface area (Å²) in [6, 6.07) is 11.9. The number of ether oxygens (including phenoxy) is 2. The smallest absolute Gasteiger partial charge is 0.320 e. The van der Waals surface area contributed by atoms with E-state index in [1.54, 1.807) is 25.2 Å². The summed E-state index contributed by atoms with van der Waals surface area (Å²) in [5, 5.41) is 4.36. The quantitative estimate of drug-likeness (QED) is 0.237. The molecule has 0 bridgehead atoms. The number of benzene rings is 2. The Labute approximate surface area is 268 Å². The van der Waals surface area contributed by atoms with Crippen LogP contribution in [0.2, 0.25) is 10.0 Å². The molecule has 1 saturated heterocycles. The maximum Gasteiger partial charge on any atom is 0.320 e. The minimum Gasteiger partial charge on any atom is -0.467 e. The molecule has 3 heterocycles. The number of nitrogens with zero attached hydrogens (tertiary/aromatic N) is 6. The molecule has 1 N–H and O–H groups in total. The van der Waals surface area contributed by atoms with E-state index in [0.717, 1.165) is 60.0 Å². The van der Waals surface area contributed by atoms with Crippen molar-refractivity contribution >= 4 is 46.1 Å². The number of hydrogen-bond acceptors (Lipinski definition) is 8. The molecule has 0 spiro atoms. The SMILES string of the molecule is COCn1c(CC[C@H](CN(C)C(=O)c2cc(C)cc(C)c2)c2ccc(Cl)c(Cl)c2)nc2nc(OC)nc(N3CCNCC3)c21. The molecule has 1 aliphatic heterocycles. The number of aryl methyl sites for hydroxylation is 3. The molecule has 2 aromatic carbocycles. The third-order valence-corrected chi connectivity index (χ3v) is 8.68. The molecule has 0 saturated carbocycles. The van der Waals surface area contributed by atoms with E-state index in [-0.39, 0.29) is 17.8 Å². The summed E-state index contributed by atoms with van der Waals surface area (Å²) in [5.41, 5.74) is 5.16. The van der Waals surface area contributed by atoms with Crippen molar-refractivity contribution in [3.05, 3.63) is 74.5 Å². The fourth-order valence-corrected chi connectivity index (χ4v) is 6.16. The number of halogens is 2. The van der Waals surface area contributed by atoms with Crippen LogP contribution in [0.3, 0.4) is 0 Å². The van der Waals surface area contributed by atoms with Crippen LogP contribution in [0.4, 0.5) is 5.82 Å². The fraction of sp³-hybridized carbons (Fsp3) is 0.438. The summed E-state index contributed by atoms with van der Waals surface area (Å²) in [4.78, 5) is 31.8. The summed E-state index contributed by atoms with van der Waals surface area (Å²) in [6.07, 6.45) is 1.28. The van der Waals surface area contributed by atoms with Gasteiger partial charge in [0.2, 0.25) is 0 Å². The number of nitrogens with one attached hydrogen (secondary N) is 1. The van der Waals surface area contributed by atoms with Crippen LogP contribution >= 0.6 is 23.2 Å². The predicted octanol–water partition coefficient (Wildman–Crippen LogP) is 5.26. The average Bonchev–Trinajstić information content (AvgIpc) is 3.36. The van der Waals surface area contributed by atoms with Gasteiger partial charge in [0.05, 0.1) is 17.2 Å². The Bertz CT molecular complexity index is 1620. The summed E-state index contributed by atoms with van der Waals surface area (Å²) in [5.74, 6) is 1.52. The lowest BCUT2D eigenvalue weighted by molar-refractivity contribution is 0.0784. The molecule has 12 heteroatoms. The van der Waals surface area contributed by atoms with E-state index in [9.17, 15) is 4.79 Å². The lowest BCUT2D eigenvalue weighted by Crippen LogP contribution is -2.44. The van der Waals surface area contributed by atoms with Crippen LogP contribution in [0.1, 0.15) is 45.2 Å². The maximum absolute atomic E-state index is 13.5. The molecule has 10 nitrogen and oxygen atoms in total. The van der Waals surface area contributed by atoms with E-state index in [4.69, 9.17) is 42.6 Å². The molecule has 5 rings (SSSR count). The molecule has 1 aliphatic rings. The Hall–Kier alpha value is -3.44. The number of likely N-dealkylation sites (N-methyl/N-ethyl adjacent to an activating group) is 1. The van der Waals surface area contributed by atoms with Crippen molar-refractivity contribution in [3.63, 3.8) is 0 Å². The van der Waals surface area contributed by atoms with Gasteiger partial charge in [-0.05, 0) is 50.1 Å². The highest BCUT2D eigenvalue weighted by Crippen LogP contribution is 2.32. The van der Waals surface area contributed by atoms with Crippen LogP contribution in [0.5, 0.6) is 6.01 Å². The van der Waals surface area contributed by atoms with Crippen molar-refractivity contribution < 1.29 is 14.3 Å². The van der Waals surface area contributed by atoms with E-state index in [0.29, 0.717) is 47.4 Å². The number of carbonyl (C=O) groups excluding carboxylic acids is 1. The average molecular weight is 641 g/mol. The lowest BCUT2D eigenvalue weighted by Gasteiger charge is -2.29. The molecule has 0 unspecified atom stereocenters. The van der Waals surface area contributed by atoms with E-state index in [1.807, 2.05) is 49.7 Å². The van der Waals surface area contributed by atoms with E-state index in [2.05, 4.69) is 21.3 Å². The molecular weight excluding hydrogens is 601 g/mol. The van der Waals surface area contributed by atoms with Gasteiger partial charge in [-0.2, -0.15) is 9.97 Å². The third kappa shape index (κ3) is 7.10. The summed E-state index contributed by atoms with van der Waals surface area (Å²) < 4.78 is 13.1. The zero-order chi connectivity index (χ0) is 31.4. The molecule has 44 heavy (non-hydrogen) atoms. The van der Waals surface area contributed by atoms with Gasteiger partial charge in [-0.25, -0.2) is 4.98 Å². The molecule has 1 fully saturated rings. The van der Waals surface area contributed by atoms with Crippen LogP contribution in [-0.2, 0) is 17.9 Å². The van der Waals surface area contributed by atoms with E-state index in [1.165, 1.54) is 0 Å². The van der Waals surface area contributed by atoms with Crippen molar-refractivity contribution in [2.75, 3.05) is 58.9 Å². The number of hydrogen-bond donors (Lipinski definition) is 1. The Balaban J connectivity index is 1.48. The Morgan fingerprint density at radius 2 is 1.75 bits per heavy atom. The zero-order valence-electron chi connectivity index (χ0n) is 25.9. The number of piperazine rings is 1. The highest BCUT2D eigenvalue weighted by atomic mass is 35.5. The van der Waals surface area contributed by atoms with Gasteiger partial charge in [-0.15, -0.1) is 0 Å². The number of anilines is 1. The topological polar surface area (TPSA) is 97.6 Å². The number of carbonyl (C=O) groups is 1. The van der Waals surface area contributed by atoms with Crippen LogP contribution in [0.25, 0.3) is 11.2 Å². The van der Waals surface area contributed by atoms with Gasteiger partial charge < -0.3 is 24.6 Å². The van der Waals surface area contributed by atoms with Gasteiger partial charge in [0.15, 0.2) is 11.5 Å². The van der Waals surface area contributed by atoms with Gasteiger partial charge in [0.25, 0.3) is 5.91 Å². The second kappa shape index (κ2) is 14.1. The summed E-state index contributed by atoms with van der Waals surface area (Å²) in [7, 11) is 5.07. The molecule has 2 aromatic heterocycles. The Morgan fingerprint density at radius 1 is 1.02 bits per heavy atom. The van der Waals surface area contributed by atoms with Crippen LogP contribution in [0.15, 0.2) is 36.4 Å². The summed E-state index contributed by atoms with van der Waals surface area (Å²) in [6.45, 7) is 8.12.